The Hall–Kier alpha value is -5.98. The van der Waals surface area contributed by atoms with Crippen LogP contribution in [0, 0.1) is 11.3 Å². The molecule has 0 amide bonds. The van der Waals surface area contributed by atoms with Crippen molar-refractivity contribution >= 4 is 32.6 Å². The Balaban J connectivity index is 1.46. The van der Waals surface area contributed by atoms with Crippen LogP contribution in [0.1, 0.15) is 5.56 Å². The van der Waals surface area contributed by atoms with E-state index in [0.29, 0.717) is 5.56 Å². The number of aromatic nitrogens is 2. The fraction of sp³-hybridized carbons (Fsp3) is 0. The van der Waals surface area contributed by atoms with Gasteiger partial charge in [-0.05, 0) is 74.8 Å². The summed E-state index contributed by atoms with van der Waals surface area (Å²) in [7, 11) is 0. The second kappa shape index (κ2) is 10.1. The molecule has 3 nitrogen and oxygen atoms in total. The molecule has 0 spiro atoms. The van der Waals surface area contributed by atoms with E-state index in [9.17, 15) is 5.26 Å². The van der Waals surface area contributed by atoms with Crippen molar-refractivity contribution < 1.29 is 0 Å². The van der Waals surface area contributed by atoms with E-state index in [4.69, 9.17) is 4.98 Å². The average molecular weight is 548 g/mol. The highest BCUT2D eigenvalue weighted by Crippen LogP contribution is 2.41. The zero-order valence-corrected chi connectivity index (χ0v) is 23.3. The topological polar surface area (TPSA) is 41.6 Å². The standard InChI is InChI=1S/C40H25N3/c41-26-27-18-20-29(21-19-27)39-34-15-7-4-10-28(34)22-23-35(39)32-24-31-13-5-6-14-33(31)38(25-32)43-37-17-9-8-16-36(37)42-40(43)30-11-2-1-3-12-30/h1-25H. The van der Waals surface area contributed by atoms with Crippen LogP contribution in [0.15, 0.2) is 152 Å². The van der Waals surface area contributed by atoms with E-state index in [1.807, 2.05) is 24.3 Å². The Morgan fingerprint density at radius 1 is 0.535 bits per heavy atom. The first-order chi connectivity index (χ1) is 21.3. The number of nitriles is 1. The molecule has 0 atom stereocenters. The number of imidazole rings is 1. The summed E-state index contributed by atoms with van der Waals surface area (Å²) in [6, 6.07) is 55.0. The fourth-order valence-electron chi connectivity index (χ4n) is 6.22. The maximum absolute atomic E-state index is 9.45. The zero-order valence-electron chi connectivity index (χ0n) is 23.3. The molecule has 1 aromatic heterocycles. The van der Waals surface area contributed by atoms with Crippen LogP contribution in [-0.4, -0.2) is 9.55 Å². The molecule has 43 heavy (non-hydrogen) atoms. The molecule has 3 heteroatoms. The van der Waals surface area contributed by atoms with Gasteiger partial charge in [0.25, 0.3) is 0 Å². The van der Waals surface area contributed by atoms with Crippen molar-refractivity contribution in [2.75, 3.05) is 0 Å². The highest BCUT2D eigenvalue weighted by molar-refractivity contribution is 6.06. The van der Waals surface area contributed by atoms with Gasteiger partial charge >= 0.3 is 0 Å². The number of para-hydroxylation sites is 2. The van der Waals surface area contributed by atoms with Crippen LogP contribution in [0.4, 0.5) is 0 Å². The molecule has 0 bridgehead atoms. The fourth-order valence-corrected chi connectivity index (χ4v) is 6.22. The molecule has 0 fully saturated rings. The monoisotopic (exact) mass is 547 g/mol. The normalized spacial score (nSPS) is 11.2. The first-order valence-corrected chi connectivity index (χ1v) is 14.4. The Kier molecular flexibility index (Phi) is 5.84. The van der Waals surface area contributed by atoms with E-state index in [0.717, 1.165) is 61.1 Å². The van der Waals surface area contributed by atoms with Crippen LogP contribution in [0.2, 0.25) is 0 Å². The van der Waals surface area contributed by atoms with Crippen LogP contribution in [0.5, 0.6) is 0 Å². The average Bonchev–Trinajstić information content (AvgIpc) is 3.47. The molecule has 0 radical (unpaired) electrons. The van der Waals surface area contributed by atoms with Gasteiger partial charge in [0, 0.05) is 10.9 Å². The Labute approximate surface area is 249 Å². The predicted octanol–water partition coefficient (Wildman–Crippen LogP) is 10.2. The van der Waals surface area contributed by atoms with E-state index in [1.165, 1.54) is 10.8 Å². The van der Waals surface area contributed by atoms with Gasteiger partial charge in [-0.25, -0.2) is 4.98 Å². The van der Waals surface area contributed by atoms with Gasteiger partial charge in [0.15, 0.2) is 0 Å². The number of fused-ring (bicyclic) bond motifs is 3. The number of rotatable bonds is 4. The van der Waals surface area contributed by atoms with Crippen molar-refractivity contribution in [1.82, 2.24) is 9.55 Å². The molecule has 0 N–H and O–H groups in total. The van der Waals surface area contributed by atoms with Gasteiger partial charge in [-0.3, -0.25) is 4.57 Å². The molecule has 0 aliphatic heterocycles. The van der Waals surface area contributed by atoms with E-state index in [1.54, 1.807) is 0 Å². The maximum atomic E-state index is 9.45. The summed E-state index contributed by atoms with van der Waals surface area (Å²) in [5.74, 6) is 0.912. The molecule has 0 unspecified atom stereocenters. The molecule has 1 heterocycles. The first kappa shape index (κ1) is 24.8. The Morgan fingerprint density at radius 3 is 2.05 bits per heavy atom. The van der Waals surface area contributed by atoms with Gasteiger partial charge in [-0.1, -0.05) is 115 Å². The van der Waals surface area contributed by atoms with Crippen LogP contribution in [0.25, 0.3) is 71.9 Å². The number of hydrogen-bond acceptors (Lipinski definition) is 2. The van der Waals surface area contributed by atoms with Crippen molar-refractivity contribution in [2.24, 2.45) is 0 Å². The zero-order chi connectivity index (χ0) is 28.8. The maximum Gasteiger partial charge on any atom is 0.145 e. The van der Waals surface area contributed by atoms with Crippen molar-refractivity contribution in [1.29, 1.82) is 5.26 Å². The van der Waals surface area contributed by atoms with Crippen molar-refractivity contribution in [3.8, 4) is 45.4 Å². The number of benzene rings is 7. The van der Waals surface area contributed by atoms with Crippen LogP contribution in [0.3, 0.4) is 0 Å². The third-order valence-corrected chi connectivity index (χ3v) is 8.22. The highest BCUT2D eigenvalue weighted by atomic mass is 15.1. The molecule has 0 saturated heterocycles. The second-order valence-electron chi connectivity index (χ2n) is 10.7. The molecule has 0 aliphatic rings. The summed E-state index contributed by atoms with van der Waals surface area (Å²) >= 11 is 0. The van der Waals surface area contributed by atoms with Gasteiger partial charge in [0.2, 0.25) is 0 Å². The lowest BCUT2D eigenvalue weighted by Crippen LogP contribution is -2.00. The minimum Gasteiger partial charge on any atom is -0.292 e. The van der Waals surface area contributed by atoms with Crippen LogP contribution >= 0.6 is 0 Å². The van der Waals surface area contributed by atoms with E-state index < -0.39 is 0 Å². The lowest BCUT2D eigenvalue weighted by Gasteiger charge is -2.18. The SMILES string of the molecule is N#Cc1ccc(-c2c(-c3cc(-n4c(-c5ccccc5)nc5ccccc54)c4ccccc4c3)ccc3ccccc23)cc1. The lowest BCUT2D eigenvalue weighted by molar-refractivity contribution is 1.12. The third-order valence-electron chi connectivity index (χ3n) is 8.22. The molecular weight excluding hydrogens is 522 g/mol. The van der Waals surface area contributed by atoms with Crippen molar-refractivity contribution in [3.05, 3.63) is 157 Å². The Bertz CT molecular complexity index is 2340. The summed E-state index contributed by atoms with van der Waals surface area (Å²) in [5.41, 5.74) is 9.32. The van der Waals surface area contributed by atoms with Crippen molar-refractivity contribution in [2.45, 2.75) is 0 Å². The van der Waals surface area contributed by atoms with E-state index in [-0.39, 0.29) is 0 Å². The summed E-state index contributed by atoms with van der Waals surface area (Å²) in [6.45, 7) is 0. The van der Waals surface area contributed by atoms with E-state index >= 15 is 0 Å². The molecule has 8 aromatic rings. The quantitative estimate of drug-likeness (QED) is 0.220. The summed E-state index contributed by atoms with van der Waals surface area (Å²) in [6.07, 6.45) is 0. The molecule has 0 saturated carbocycles. The summed E-state index contributed by atoms with van der Waals surface area (Å²) < 4.78 is 2.30. The predicted molar refractivity (Wildman–Crippen MR) is 177 cm³/mol. The number of nitrogens with zero attached hydrogens (tertiary/aromatic N) is 3. The molecule has 0 aliphatic carbocycles. The molecule has 7 aromatic carbocycles. The Morgan fingerprint density at radius 2 is 1.23 bits per heavy atom. The van der Waals surface area contributed by atoms with Gasteiger partial charge in [-0.15, -0.1) is 0 Å². The number of hydrogen-bond donors (Lipinski definition) is 0. The smallest absolute Gasteiger partial charge is 0.145 e. The van der Waals surface area contributed by atoms with Gasteiger partial charge < -0.3 is 0 Å². The summed E-state index contributed by atoms with van der Waals surface area (Å²) in [4.78, 5) is 5.13. The van der Waals surface area contributed by atoms with Gasteiger partial charge in [-0.2, -0.15) is 5.26 Å². The second-order valence-corrected chi connectivity index (χ2v) is 10.7. The molecule has 200 valence electrons. The molecule has 8 rings (SSSR count). The summed E-state index contributed by atoms with van der Waals surface area (Å²) in [5, 5.41) is 14.1. The minimum atomic E-state index is 0.652. The van der Waals surface area contributed by atoms with E-state index in [2.05, 4.69) is 138 Å². The van der Waals surface area contributed by atoms with Crippen LogP contribution < -0.4 is 0 Å². The third kappa shape index (κ3) is 4.17. The lowest BCUT2D eigenvalue weighted by atomic mass is 9.88. The molecular formula is C40H25N3. The highest BCUT2D eigenvalue weighted by Gasteiger charge is 2.19. The largest absolute Gasteiger partial charge is 0.292 e. The van der Waals surface area contributed by atoms with Crippen LogP contribution in [-0.2, 0) is 0 Å². The van der Waals surface area contributed by atoms with Gasteiger partial charge in [0.1, 0.15) is 5.82 Å². The van der Waals surface area contributed by atoms with Gasteiger partial charge in [0.05, 0.1) is 28.4 Å². The minimum absolute atomic E-state index is 0.652. The first-order valence-electron chi connectivity index (χ1n) is 14.4. The van der Waals surface area contributed by atoms with Crippen molar-refractivity contribution in [3.63, 3.8) is 0 Å².